The summed E-state index contributed by atoms with van der Waals surface area (Å²) in [4.78, 5) is 12.5. The first-order chi connectivity index (χ1) is 32.1. The zero-order valence-electron chi connectivity index (χ0n) is 40.3. The Morgan fingerprint density at radius 2 is 1.21 bits per heavy atom. The van der Waals surface area contributed by atoms with Gasteiger partial charge >= 0.3 is 0 Å². The van der Waals surface area contributed by atoms with Crippen LogP contribution in [0.2, 0.25) is 0 Å². The number of para-hydroxylation sites is 2. The summed E-state index contributed by atoms with van der Waals surface area (Å²) >= 11 is 0. The third-order valence-electron chi connectivity index (χ3n) is 16.1. The molecule has 67 heavy (non-hydrogen) atoms. The van der Waals surface area contributed by atoms with Gasteiger partial charge in [0.25, 0.3) is 6.71 Å². The molecule has 0 aromatic heterocycles. The number of anilines is 8. The van der Waals surface area contributed by atoms with E-state index in [1.807, 2.05) is 6.21 Å². The number of hydrogen-bond donors (Lipinski definition) is 0. The fourth-order valence-corrected chi connectivity index (χ4v) is 12.4. The highest BCUT2D eigenvalue weighted by atomic mass is 15.3. The maximum Gasteiger partial charge on any atom is 0.252 e. The van der Waals surface area contributed by atoms with Crippen molar-refractivity contribution in [2.45, 2.75) is 90.0 Å². The number of benzene rings is 7. The van der Waals surface area contributed by atoms with Crippen molar-refractivity contribution in [3.63, 3.8) is 0 Å². The van der Waals surface area contributed by atoms with E-state index in [1.165, 1.54) is 89.6 Å². The lowest BCUT2D eigenvalue weighted by Gasteiger charge is -2.51. The van der Waals surface area contributed by atoms with Gasteiger partial charge in [-0.05, 0) is 164 Å². The van der Waals surface area contributed by atoms with Crippen molar-refractivity contribution >= 4 is 80.4 Å². The van der Waals surface area contributed by atoms with Crippen LogP contribution in [0.25, 0.3) is 5.57 Å². The first kappa shape index (κ1) is 41.6. The molecule has 4 heterocycles. The largest absolute Gasteiger partial charge is 0.330 e. The Hall–Kier alpha value is -6.85. The number of nitrogens with zero attached hydrogens (tertiary/aromatic N) is 4. The van der Waals surface area contributed by atoms with Crippen LogP contribution >= 0.6 is 0 Å². The first-order valence-electron chi connectivity index (χ1n) is 24.3. The predicted octanol–water partition coefficient (Wildman–Crippen LogP) is 13.7. The van der Waals surface area contributed by atoms with Crippen LogP contribution in [0.4, 0.5) is 45.5 Å². The van der Waals surface area contributed by atoms with E-state index in [1.54, 1.807) is 0 Å². The van der Waals surface area contributed by atoms with Gasteiger partial charge in [0.15, 0.2) is 0 Å². The highest BCUT2D eigenvalue weighted by Crippen LogP contribution is 2.64. The summed E-state index contributed by atoms with van der Waals surface area (Å²) < 4.78 is 0. The molecule has 0 fully saturated rings. The standard InChI is InChI=1S/C62H59BN4/c1-40-33-43(39-64-38-40)42-23-30-53-50(34-42)61(8)32-31-41-17-13-14-20-49(41)62(61,9)67(53)48-28-29-52-55(37-48)66(47-26-24-44(25-27-47)59(2,3)4)57-36-45(60(5,6)7)35-56-58(57)63(52)51-21-15-16-22-54(51)65(56)46-18-11-10-12-19-46/h10-30,33-37,39H,1,31-32,38H2,2-9H3. The number of aliphatic imine (C=N–C) groups is 1. The highest BCUT2D eigenvalue weighted by molar-refractivity contribution is 7.00. The summed E-state index contributed by atoms with van der Waals surface area (Å²) in [5.41, 5.74) is 23.3. The molecule has 0 radical (unpaired) electrons. The van der Waals surface area contributed by atoms with Crippen LogP contribution < -0.4 is 31.1 Å². The van der Waals surface area contributed by atoms with Crippen LogP contribution in [0.15, 0.2) is 175 Å². The Kier molecular flexibility index (Phi) is 9.05. The van der Waals surface area contributed by atoms with E-state index < -0.39 is 0 Å². The van der Waals surface area contributed by atoms with Gasteiger partial charge in [0.2, 0.25) is 0 Å². The first-order valence-corrected chi connectivity index (χ1v) is 24.3. The van der Waals surface area contributed by atoms with Gasteiger partial charge < -0.3 is 14.7 Å². The van der Waals surface area contributed by atoms with E-state index in [2.05, 4.69) is 239 Å². The summed E-state index contributed by atoms with van der Waals surface area (Å²) in [6.45, 7) is 24.0. The molecule has 7 aromatic rings. The third-order valence-corrected chi connectivity index (χ3v) is 16.1. The van der Waals surface area contributed by atoms with E-state index in [0.717, 1.165) is 29.7 Å². The Bertz CT molecular complexity index is 3260. The van der Waals surface area contributed by atoms with Crippen LogP contribution in [0.1, 0.15) is 95.2 Å². The molecule has 0 amide bonds. The van der Waals surface area contributed by atoms with Crippen molar-refractivity contribution in [1.29, 1.82) is 0 Å². The number of hydrogen-bond acceptors (Lipinski definition) is 4. The lowest BCUT2D eigenvalue weighted by molar-refractivity contribution is 0.245. The second-order valence-corrected chi connectivity index (χ2v) is 22.1. The SMILES string of the molecule is C=C1C=C(c2ccc3c(c2)C2(C)CCc4ccccc4C2(C)N3c2ccc3c(c2)N(c2ccc(C(C)(C)C)cc2)c2cc(C(C)(C)C)cc4c2B3c2ccccc2N4c2ccccc2)C=NC1. The normalized spacial score (nSPS) is 20.1. The fraction of sp³-hybridized carbons (Fsp3) is 0.242. The topological polar surface area (TPSA) is 22.1 Å². The van der Waals surface area contributed by atoms with Gasteiger partial charge in [-0.15, -0.1) is 0 Å². The average Bonchev–Trinajstić information content (AvgIpc) is 3.53. The van der Waals surface area contributed by atoms with Crippen molar-refractivity contribution in [2.75, 3.05) is 21.2 Å². The molecule has 0 N–H and O–H groups in total. The molecule has 0 saturated carbocycles. The number of allylic oxidation sites excluding steroid dienone is 1. The summed E-state index contributed by atoms with van der Waals surface area (Å²) in [5.74, 6) is 0. The monoisotopic (exact) mass is 870 g/mol. The predicted molar refractivity (Wildman–Crippen MR) is 286 cm³/mol. The zero-order valence-corrected chi connectivity index (χ0v) is 40.3. The molecule has 0 bridgehead atoms. The van der Waals surface area contributed by atoms with Crippen LogP contribution in [-0.4, -0.2) is 19.5 Å². The second-order valence-electron chi connectivity index (χ2n) is 22.1. The molecule has 4 aliphatic heterocycles. The third kappa shape index (κ3) is 6.09. The fourth-order valence-electron chi connectivity index (χ4n) is 12.4. The van der Waals surface area contributed by atoms with Crippen molar-refractivity contribution in [2.24, 2.45) is 4.99 Å². The minimum atomic E-state index is -0.373. The van der Waals surface area contributed by atoms with Gasteiger partial charge in [0.05, 0.1) is 12.1 Å². The van der Waals surface area contributed by atoms with E-state index in [0.29, 0.717) is 6.54 Å². The van der Waals surface area contributed by atoms with Gasteiger partial charge in [-0.1, -0.05) is 140 Å². The Balaban J connectivity index is 1.14. The number of dihydropyridines is 1. The van der Waals surface area contributed by atoms with Gasteiger partial charge in [-0.3, -0.25) is 4.99 Å². The quantitative estimate of drug-likeness (QED) is 0.165. The van der Waals surface area contributed by atoms with Crippen molar-refractivity contribution in [3.8, 4) is 0 Å². The molecule has 0 saturated heterocycles. The molecule has 1 aliphatic carbocycles. The molecule has 5 heteroatoms. The molecule has 12 rings (SSSR count). The van der Waals surface area contributed by atoms with E-state index >= 15 is 0 Å². The summed E-state index contributed by atoms with van der Waals surface area (Å²) in [7, 11) is 0. The highest BCUT2D eigenvalue weighted by Gasteiger charge is 2.60. The Morgan fingerprint density at radius 3 is 1.94 bits per heavy atom. The Labute approximate surface area is 398 Å². The molecule has 330 valence electrons. The molecule has 5 aliphatic rings. The van der Waals surface area contributed by atoms with Crippen LogP contribution in [0, 0.1) is 0 Å². The van der Waals surface area contributed by atoms with E-state index in [-0.39, 0.29) is 28.5 Å². The maximum atomic E-state index is 4.68. The molecular weight excluding hydrogens is 812 g/mol. The number of rotatable bonds is 4. The summed E-state index contributed by atoms with van der Waals surface area (Å²) in [5, 5.41) is 0. The second kappa shape index (κ2) is 14.6. The van der Waals surface area contributed by atoms with Gasteiger partial charge in [-0.2, -0.15) is 0 Å². The molecule has 7 aromatic carbocycles. The van der Waals surface area contributed by atoms with Crippen molar-refractivity contribution in [3.05, 3.63) is 203 Å². The number of fused-ring (bicyclic) bond motifs is 9. The van der Waals surface area contributed by atoms with E-state index in [4.69, 9.17) is 0 Å². The molecule has 0 spiro atoms. The lowest BCUT2D eigenvalue weighted by atomic mass is 9.33. The maximum absolute atomic E-state index is 4.68. The van der Waals surface area contributed by atoms with Gasteiger partial charge in [0.1, 0.15) is 0 Å². The van der Waals surface area contributed by atoms with Crippen LogP contribution in [0.3, 0.4) is 0 Å². The molecular formula is C62H59BN4. The smallest absolute Gasteiger partial charge is 0.252 e. The average molecular weight is 871 g/mol. The Morgan fingerprint density at radius 1 is 0.567 bits per heavy atom. The molecule has 2 unspecified atom stereocenters. The van der Waals surface area contributed by atoms with E-state index in [9.17, 15) is 0 Å². The minimum Gasteiger partial charge on any atom is -0.330 e. The van der Waals surface area contributed by atoms with Crippen LogP contribution in [-0.2, 0) is 28.2 Å². The molecule has 4 nitrogen and oxygen atoms in total. The van der Waals surface area contributed by atoms with Gasteiger partial charge in [-0.25, -0.2) is 0 Å². The van der Waals surface area contributed by atoms with Gasteiger partial charge in [0, 0.05) is 57.1 Å². The number of aryl methyl sites for hydroxylation is 1. The van der Waals surface area contributed by atoms with Crippen molar-refractivity contribution < 1.29 is 0 Å². The zero-order chi connectivity index (χ0) is 46.2. The summed E-state index contributed by atoms with van der Waals surface area (Å²) in [6.07, 6.45) is 6.33. The minimum absolute atomic E-state index is 0.0224. The molecule has 2 atom stereocenters. The van der Waals surface area contributed by atoms with Crippen LogP contribution in [0.5, 0.6) is 0 Å². The summed E-state index contributed by atoms with van der Waals surface area (Å²) in [6, 6.07) is 58.3. The lowest BCUT2D eigenvalue weighted by Crippen LogP contribution is -2.61. The van der Waals surface area contributed by atoms with Crippen molar-refractivity contribution in [1.82, 2.24) is 0 Å².